The fraction of sp³-hybridized carbons (Fsp3) is 0.462. The van der Waals surface area contributed by atoms with Crippen LogP contribution in [-0.4, -0.2) is 17.7 Å². The summed E-state index contributed by atoms with van der Waals surface area (Å²) in [5.74, 6) is -0.346. The fourth-order valence-electron chi connectivity index (χ4n) is 1.64. The van der Waals surface area contributed by atoms with E-state index >= 15 is 0 Å². The molecule has 1 unspecified atom stereocenters. The Kier molecular flexibility index (Phi) is 3.57. The van der Waals surface area contributed by atoms with E-state index in [2.05, 4.69) is 0 Å². The van der Waals surface area contributed by atoms with E-state index in [1.807, 2.05) is 0 Å². The number of rotatable bonds is 5. The molecule has 0 bridgehead atoms. The molecule has 2 rings (SSSR count). The molecule has 1 aliphatic rings. The van der Waals surface area contributed by atoms with Gasteiger partial charge < -0.3 is 9.84 Å². The second kappa shape index (κ2) is 4.96. The predicted octanol–water partition coefficient (Wildman–Crippen LogP) is 3.32. The highest BCUT2D eigenvalue weighted by Crippen LogP contribution is 2.36. The maximum Gasteiger partial charge on any atom is 0.310 e. The number of carboxylic acids is 1. The summed E-state index contributed by atoms with van der Waals surface area (Å²) >= 11 is 6.06. The maximum absolute atomic E-state index is 11.0. The lowest BCUT2D eigenvalue weighted by atomic mass is 10.0. The molecule has 0 aliphatic heterocycles. The Morgan fingerprint density at radius 1 is 1.59 bits per heavy atom. The Morgan fingerprint density at radius 3 is 2.88 bits per heavy atom. The zero-order valence-electron chi connectivity index (χ0n) is 9.65. The number of carboxylic acid groups (broad SMARTS) is 1. The number of aliphatic carboxylic acids is 1. The third-order valence-corrected chi connectivity index (χ3v) is 3.29. The number of para-hydroxylation sites is 1. The van der Waals surface area contributed by atoms with Crippen molar-refractivity contribution >= 4 is 17.6 Å². The molecule has 1 aliphatic carbocycles. The van der Waals surface area contributed by atoms with Gasteiger partial charge in [-0.15, -0.1) is 0 Å². The largest absolute Gasteiger partial charge is 0.491 e. The minimum atomic E-state index is -0.872. The van der Waals surface area contributed by atoms with Crippen LogP contribution in [0.15, 0.2) is 18.2 Å². The topological polar surface area (TPSA) is 46.5 Å². The van der Waals surface area contributed by atoms with Crippen molar-refractivity contribution in [1.82, 2.24) is 0 Å². The van der Waals surface area contributed by atoms with Crippen molar-refractivity contribution < 1.29 is 14.6 Å². The average molecular weight is 255 g/mol. The van der Waals surface area contributed by atoms with E-state index in [1.165, 1.54) is 12.8 Å². The summed E-state index contributed by atoms with van der Waals surface area (Å²) in [6, 6.07) is 5.23. The quantitative estimate of drug-likeness (QED) is 0.877. The number of carbonyl (C=O) groups is 1. The van der Waals surface area contributed by atoms with E-state index in [0.29, 0.717) is 28.9 Å². The number of halogens is 1. The van der Waals surface area contributed by atoms with E-state index in [-0.39, 0.29) is 0 Å². The standard InChI is InChI=1S/C13H15ClO3/c1-8(13(15)16)10-3-2-4-11(14)12(10)17-7-9-5-6-9/h2-4,8-9H,5-7H2,1H3,(H,15,16). The van der Waals surface area contributed by atoms with Crippen LogP contribution in [-0.2, 0) is 4.79 Å². The molecule has 3 nitrogen and oxygen atoms in total. The number of hydrogen-bond donors (Lipinski definition) is 1. The van der Waals surface area contributed by atoms with Crippen LogP contribution in [0.25, 0.3) is 0 Å². The molecule has 0 amide bonds. The van der Waals surface area contributed by atoms with Gasteiger partial charge in [0.2, 0.25) is 0 Å². The molecular formula is C13H15ClO3. The number of benzene rings is 1. The average Bonchev–Trinajstić information content (AvgIpc) is 3.10. The van der Waals surface area contributed by atoms with Crippen LogP contribution in [0.3, 0.4) is 0 Å². The van der Waals surface area contributed by atoms with Crippen LogP contribution in [0.5, 0.6) is 5.75 Å². The Bertz CT molecular complexity index is 427. The smallest absolute Gasteiger partial charge is 0.310 e. The second-order valence-electron chi connectivity index (χ2n) is 4.47. The third-order valence-electron chi connectivity index (χ3n) is 2.99. The summed E-state index contributed by atoms with van der Waals surface area (Å²) in [6.07, 6.45) is 2.38. The van der Waals surface area contributed by atoms with Crippen molar-refractivity contribution in [3.05, 3.63) is 28.8 Å². The van der Waals surface area contributed by atoms with Gasteiger partial charge in [0, 0.05) is 5.56 Å². The molecule has 4 heteroatoms. The molecule has 0 aromatic heterocycles. The first kappa shape index (κ1) is 12.2. The summed E-state index contributed by atoms with van der Waals surface area (Å²) < 4.78 is 5.67. The molecule has 1 N–H and O–H groups in total. The lowest BCUT2D eigenvalue weighted by Gasteiger charge is -2.15. The predicted molar refractivity (Wildman–Crippen MR) is 65.7 cm³/mol. The maximum atomic E-state index is 11.0. The summed E-state index contributed by atoms with van der Waals surface area (Å²) in [7, 11) is 0. The Balaban J connectivity index is 2.22. The summed E-state index contributed by atoms with van der Waals surface area (Å²) in [4.78, 5) is 11.0. The molecule has 1 aromatic carbocycles. The molecule has 1 fully saturated rings. The molecule has 1 aromatic rings. The van der Waals surface area contributed by atoms with Crippen molar-refractivity contribution in [1.29, 1.82) is 0 Å². The van der Waals surface area contributed by atoms with Gasteiger partial charge in [0.15, 0.2) is 0 Å². The molecular weight excluding hydrogens is 240 g/mol. The SMILES string of the molecule is CC(C(=O)O)c1cccc(Cl)c1OCC1CC1. The molecule has 0 heterocycles. The monoisotopic (exact) mass is 254 g/mol. The van der Waals surface area contributed by atoms with Gasteiger partial charge in [0.25, 0.3) is 0 Å². The minimum Gasteiger partial charge on any atom is -0.491 e. The molecule has 17 heavy (non-hydrogen) atoms. The molecule has 0 saturated heterocycles. The Morgan fingerprint density at radius 2 is 2.29 bits per heavy atom. The normalized spacial score (nSPS) is 16.6. The third kappa shape index (κ3) is 2.91. The summed E-state index contributed by atoms with van der Waals surface area (Å²) in [5.41, 5.74) is 0.644. The van der Waals surface area contributed by atoms with Gasteiger partial charge in [-0.1, -0.05) is 23.7 Å². The number of hydrogen-bond acceptors (Lipinski definition) is 2. The Labute approximate surface area is 105 Å². The lowest BCUT2D eigenvalue weighted by molar-refractivity contribution is -0.138. The first-order chi connectivity index (χ1) is 8.09. The zero-order chi connectivity index (χ0) is 12.4. The summed E-state index contributed by atoms with van der Waals surface area (Å²) in [5, 5.41) is 9.52. The fourth-order valence-corrected chi connectivity index (χ4v) is 1.87. The van der Waals surface area contributed by atoms with E-state index in [0.717, 1.165) is 0 Å². The van der Waals surface area contributed by atoms with E-state index in [1.54, 1.807) is 25.1 Å². The lowest BCUT2D eigenvalue weighted by Crippen LogP contribution is -2.10. The highest BCUT2D eigenvalue weighted by Gasteiger charge is 2.25. The van der Waals surface area contributed by atoms with Crippen molar-refractivity contribution in [3.63, 3.8) is 0 Å². The van der Waals surface area contributed by atoms with Gasteiger partial charge in [-0.2, -0.15) is 0 Å². The van der Waals surface area contributed by atoms with Gasteiger partial charge in [0.05, 0.1) is 17.5 Å². The summed E-state index contributed by atoms with van der Waals surface area (Å²) in [6.45, 7) is 2.26. The van der Waals surface area contributed by atoms with Gasteiger partial charge in [-0.05, 0) is 31.7 Å². The van der Waals surface area contributed by atoms with Crippen LogP contribution in [0.1, 0.15) is 31.2 Å². The molecule has 1 atom stereocenters. The zero-order valence-corrected chi connectivity index (χ0v) is 10.4. The van der Waals surface area contributed by atoms with Crippen LogP contribution in [0, 0.1) is 5.92 Å². The van der Waals surface area contributed by atoms with Gasteiger partial charge in [-0.3, -0.25) is 4.79 Å². The van der Waals surface area contributed by atoms with Gasteiger partial charge in [0.1, 0.15) is 5.75 Å². The Hall–Kier alpha value is -1.22. The minimum absolute atomic E-state index is 0.483. The first-order valence-corrected chi connectivity index (χ1v) is 6.11. The van der Waals surface area contributed by atoms with Crippen LogP contribution in [0.2, 0.25) is 5.02 Å². The molecule has 0 radical (unpaired) electrons. The highest BCUT2D eigenvalue weighted by molar-refractivity contribution is 6.32. The van der Waals surface area contributed by atoms with Crippen molar-refractivity contribution in [3.8, 4) is 5.75 Å². The van der Waals surface area contributed by atoms with E-state index < -0.39 is 11.9 Å². The van der Waals surface area contributed by atoms with Gasteiger partial charge in [-0.25, -0.2) is 0 Å². The van der Waals surface area contributed by atoms with Crippen molar-refractivity contribution in [2.45, 2.75) is 25.7 Å². The number of ether oxygens (including phenoxy) is 1. The second-order valence-corrected chi connectivity index (χ2v) is 4.88. The molecule has 0 spiro atoms. The van der Waals surface area contributed by atoms with Crippen molar-refractivity contribution in [2.24, 2.45) is 5.92 Å². The van der Waals surface area contributed by atoms with Crippen LogP contribution < -0.4 is 4.74 Å². The van der Waals surface area contributed by atoms with Crippen LogP contribution >= 0.6 is 11.6 Å². The van der Waals surface area contributed by atoms with Crippen LogP contribution in [0.4, 0.5) is 0 Å². The molecule has 92 valence electrons. The highest BCUT2D eigenvalue weighted by atomic mass is 35.5. The van der Waals surface area contributed by atoms with Gasteiger partial charge >= 0.3 is 5.97 Å². The van der Waals surface area contributed by atoms with Crippen molar-refractivity contribution in [2.75, 3.05) is 6.61 Å². The first-order valence-electron chi connectivity index (χ1n) is 5.73. The van der Waals surface area contributed by atoms with E-state index in [9.17, 15) is 4.79 Å². The molecule has 1 saturated carbocycles. The van der Waals surface area contributed by atoms with E-state index in [4.69, 9.17) is 21.4 Å².